The van der Waals surface area contributed by atoms with Crippen LogP contribution in [0.25, 0.3) is 0 Å². The zero-order valence-corrected chi connectivity index (χ0v) is 12.6. The summed E-state index contributed by atoms with van der Waals surface area (Å²) in [4.78, 5) is 13.0. The van der Waals surface area contributed by atoms with E-state index in [9.17, 15) is 10.1 Å². The quantitative estimate of drug-likeness (QED) is 0.659. The van der Waals surface area contributed by atoms with Gasteiger partial charge in [-0.05, 0) is 33.9 Å². The maximum absolute atomic E-state index is 11.2. The van der Waals surface area contributed by atoms with Gasteiger partial charge >= 0.3 is 5.69 Å². The van der Waals surface area contributed by atoms with E-state index in [0.29, 0.717) is 18.1 Å². The second kappa shape index (κ2) is 5.40. The van der Waals surface area contributed by atoms with Crippen LogP contribution in [-0.4, -0.2) is 45.8 Å². The van der Waals surface area contributed by atoms with Crippen LogP contribution < -0.4 is 5.32 Å². The molecule has 1 fully saturated rings. The summed E-state index contributed by atoms with van der Waals surface area (Å²) in [6, 6.07) is 0. The number of hydrogen-bond acceptors (Lipinski definition) is 5. The first kappa shape index (κ1) is 14.8. The van der Waals surface area contributed by atoms with Crippen LogP contribution in [0, 0.1) is 17.0 Å². The smallest absolute Gasteiger partial charge is 0.333 e. The van der Waals surface area contributed by atoms with E-state index in [2.05, 4.69) is 29.4 Å². The predicted molar refractivity (Wildman–Crippen MR) is 78.0 cm³/mol. The molecule has 7 nitrogen and oxygen atoms in total. The largest absolute Gasteiger partial charge is 0.363 e. The van der Waals surface area contributed by atoms with Crippen molar-refractivity contribution in [3.8, 4) is 0 Å². The first-order valence-electron chi connectivity index (χ1n) is 6.97. The van der Waals surface area contributed by atoms with Crippen LogP contribution in [0.5, 0.6) is 0 Å². The van der Waals surface area contributed by atoms with Gasteiger partial charge < -0.3 is 10.2 Å². The Kier molecular flexibility index (Phi) is 3.99. The average molecular weight is 281 g/mol. The number of likely N-dealkylation sites (N-methyl/N-ethyl adjacent to an activating group) is 1. The minimum absolute atomic E-state index is 0.0828. The molecular weight excluding hydrogens is 258 g/mol. The minimum Gasteiger partial charge on any atom is -0.363 e. The standard InChI is InChI=1S/C13H23N5O2/c1-10-11(18(19)20)12(17(4)15-10)14-9-13(16(2)3)7-5-6-8-13/h14H,5-9H2,1-4H3. The summed E-state index contributed by atoms with van der Waals surface area (Å²) in [5.41, 5.74) is 0.621. The first-order chi connectivity index (χ1) is 9.37. The Bertz CT molecular complexity index is 503. The van der Waals surface area contributed by atoms with E-state index in [1.165, 1.54) is 12.8 Å². The molecule has 0 saturated heterocycles. The average Bonchev–Trinajstić information content (AvgIpc) is 2.92. The lowest BCUT2D eigenvalue weighted by Gasteiger charge is -2.36. The first-order valence-corrected chi connectivity index (χ1v) is 6.97. The van der Waals surface area contributed by atoms with Crippen LogP contribution in [0.2, 0.25) is 0 Å². The Morgan fingerprint density at radius 1 is 1.45 bits per heavy atom. The van der Waals surface area contributed by atoms with E-state index >= 15 is 0 Å². The highest BCUT2D eigenvalue weighted by atomic mass is 16.6. The molecule has 20 heavy (non-hydrogen) atoms. The molecule has 0 radical (unpaired) electrons. The van der Waals surface area contributed by atoms with Gasteiger partial charge in [-0.1, -0.05) is 12.8 Å². The number of nitrogens with zero attached hydrogens (tertiary/aromatic N) is 4. The Hall–Kier alpha value is -1.63. The maximum Gasteiger partial charge on any atom is 0.333 e. The third-order valence-electron chi connectivity index (χ3n) is 4.44. The van der Waals surface area contributed by atoms with Crippen molar-refractivity contribution in [2.45, 2.75) is 38.1 Å². The lowest BCUT2D eigenvalue weighted by molar-refractivity contribution is -0.384. The van der Waals surface area contributed by atoms with Crippen LogP contribution in [0.15, 0.2) is 0 Å². The molecule has 0 atom stereocenters. The van der Waals surface area contributed by atoms with Crippen molar-refractivity contribution < 1.29 is 4.92 Å². The summed E-state index contributed by atoms with van der Waals surface area (Å²) in [5.74, 6) is 0.501. The van der Waals surface area contributed by atoms with E-state index in [0.717, 1.165) is 12.8 Å². The molecule has 2 rings (SSSR count). The fraction of sp³-hybridized carbons (Fsp3) is 0.769. The summed E-state index contributed by atoms with van der Waals surface area (Å²) >= 11 is 0. The molecule has 1 aromatic rings. The van der Waals surface area contributed by atoms with Crippen molar-refractivity contribution in [2.24, 2.45) is 7.05 Å². The molecule has 1 saturated carbocycles. The summed E-state index contributed by atoms with van der Waals surface area (Å²) in [6.45, 7) is 2.38. The monoisotopic (exact) mass is 281 g/mol. The highest BCUT2D eigenvalue weighted by Crippen LogP contribution is 2.35. The molecule has 112 valence electrons. The SMILES string of the molecule is Cc1nn(C)c(NCC2(N(C)C)CCCC2)c1[N+](=O)[O-]. The molecule has 0 aromatic carbocycles. The van der Waals surface area contributed by atoms with E-state index in [1.54, 1.807) is 18.7 Å². The van der Waals surface area contributed by atoms with Gasteiger partial charge in [0.25, 0.3) is 0 Å². The van der Waals surface area contributed by atoms with Crippen molar-refractivity contribution in [3.05, 3.63) is 15.8 Å². The minimum atomic E-state index is -0.359. The molecular formula is C13H23N5O2. The molecule has 1 N–H and O–H groups in total. The Morgan fingerprint density at radius 2 is 2.05 bits per heavy atom. The number of anilines is 1. The van der Waals surface area contributed by atoms with Crippen LogP contribution in [0.4, 0.5) is 11.5 Å². The van der Waals surface area contributed by atoms with Crippen molar-refractivity contribution in [2.75, 3.05) is 26.0 Å². The van der Waals surface area contributed by atoms with Gasteiger partial charge in [-0.3, -0.25) is 10.1 Å². The van der Waals surface area contributed by atoms with E-state index < -0.39 is 0 Å². The molecule has 0 spiro atoms. The molecule has 1 aromatic heterocycles. The van der Waals surface area contributed by atoms with Crippen LogP contribution in [0.1, 0.15) is 31.4 Å². The van der Waals surface area contributed by atoms with E-state index in [-0.39, 0.29) is 16.1 Å². The van der Waals surface area contributed by atoms with Gasteiger partial charge in [0.1, 0.15) is 5.69 Å². The molecule has 0 aliphatic heterocycles. The number of nitrogens with one attached hydrogen (secondary N) is 1. The topological polar surface area (TPSA) is 76.2 Å². The molecule has 0 amide bonds. The second-order valence-corrected chi connectivity index (χ2v) is 5.84. The van der Waals surface area contributed by atoms with Crippen molar-refractivity contribution in [1.29, 1.82) is 0 Å². The van der Waals surface area contributed by atoms with Gasteiger partial charge in [-0.25, -0.2) is 4.68 Å². The third kappa shape index (κ3) is 2.49. The number of nitro groups is 1. The number of aryl methyl sites for hydroxylation is 2. The third-order valence-corrected chi connectivity index (χ3v) is 4.44. The number of aromatic nitrogens is 2. The number of rotatable bonds is 5. The molecule has 0 bridgehead atoms. The molecule has 0 unspecified atom stereocenters. The van der Waals surface area contributed by atoms with Crippen molar-refractivity contribution in [3.63, 3.8) is 0 Å². The highest BCUT2D eigenvalue weighted by molar-refractivity contribution is 5.59. The Balaban J connectivity index is 2.20. The maximum atomic E-state index is 11.2. The lowest BCUT2D eigenvalue weighted by atomic mass is 9.96. The highest BCUT2D eigenvalue weighted by Gasteiger charge is 2.37. The number of hydrogen-bond donors (Lipinski definition) is 1. The predicted octanol–water partition coefficient (Wildman–Crippen LogP) is 1.92. The summed E-state index contributed by atoms with van der Waals surface area (Å²) in [7, 11) is 5.89. The van der Waals surface area contributed by atoms with E-state index in [1.807, 2.05) is 0 Å². The normalized spacial score (nSPS) is 17.6. The van der Waals surface area contributed by atoms with Crippen molar-refractivity contribution in [1.82, 2.24) is 14.7 Å². The fourth-order valence-corrected chi connectivity index (χ4v) is 3.13. The summed E-state index contributed by atoms with van der Waals surface area (Å²) in [6.07, 6.45) is 4.67. The van der Waals surface area contributed by atoms with Crippen LogP contribution in [0.3, 0.4) is 0 Å². The summed E-state index contributed by atoms with van der Waals surface area (Å²) in [5, 5.41) is 18.6. The van der Waals surface area contributed by atoms with Gasteiger partial charge in [0.2, 0.25) is 5.82 Å². The fourth-order valence-electron chi connectivity index (χ4n) is 3.13. The second-order valence-electron chi connectivity index (χ2n) is 5.84. The lowest BCUT2D eigenvalue weighted by Crippen LogP contribution is -2.47. The van der Waals surface area contributed by atoms with Gasteiger partial charge in [-0.15, -0.1) is 0 Å². The van der Waals surface area contributed by atoms with Gasteiger partial charge in [0, 0.05) is 19.1 Å². The molecule has 1 aliphatic carbocycles. The zero-order valence-electron chi connectivity index (χ0n) is 12.6. The van der Waals surface area contributed by atoms with Crippen molar-refractivity contribution >= 4 is 11.5 Å². The summed E-state index contributed by atoms with van der Waals surface area (Å²) < 4.78 is 1.56. The van der Waals surface area contributed by atoms with E-state index in [4.69, 9.17) is 0 Å². The zero-order chi connectivity index (χ0) is 14.9. The van der Waals surface area contributed by atoms with Crippen LogP contribution >= 0.6 is 0 Å². The molecule has 1 heterocycles. The van der Waals surface area contributed by atoms with Gasteiger partial charge in [0.05, 0.1) is 4.92 Å². The van der Waals surface area contributed by atoms with Gasteiger partial charge in [0.15, 0.2) is 0 Å². The molecule has 7 heteroatoms. The van der Waals surface area contributed by atoms with Crippen LogP contribution in [-0.2, 0) is 7.05 Å². The van der Waals surface area contributed by atoms with Gasteiger partial charge in [-0.2, -0.15) is 5.10 Å². The Morgan fingerprint density at radius 3 is 2.55 bits per heavy atom. The molecule has 1 aliphatic rings. The Labute approximate surface area is 119 Å².